The molecule has 2 atom stereocenters. The molecule has 0 aliphatic heterocycles. The zero-order chi connectivity index (χ0) is 43.4. The van der Waals surface area contributed by atoms with Crippen molar-refractivity contribution >= 4 is 13.8 Å². The van der Waals surface area contributed by atoms with Crippen LogP contribution in [0.25, 0.3) is 0 Å². The predicted octanol–water partition coefficient (Wildman–Crippen LogP) is 15.2. The minimum atomic E-state index is -4.28. The molecule has 0 rings (SSSR count). The second-order valence-corrected chi connectivity index (χ2v) is 19.6. The molecule has 0 radical (unpaired) electrons. The molecule has 0 fully saturated rings. The molecule has 0 aromatic rings. The van der Waals surface area contributed by atoms with Gasteiger partial charge in [-0.25, -0.2) is 4.57 Å². The van der Waals surface area contributed by atoms with E-state index in [-0.39, 0.29) is 25.8 Å². The number of nitrogens with zero attached hydrogens (tertiary/aromatic N) is 1. The lowest BCUT2D eigenvalue weighted by Gasteiger charge is -2.24. The summed E-state index contributed by atoms with van der Waals surface area (Å²) in [7, 11) is 1.67. The molecule has 59 heavy (non-hydrogen) atoms. The smallest absolute Gasteiger partial charge is 0.457 e. The van der Waals surface area contributed by atoms with Gasteiger partial charge >= 0.3 is 13.8 Å². The van der Waals surface area contributed by atoms with Crippen LogP contribution in [0.15, 0.2) is 24.3 Å². The van der Waals surface area contributed by atoms with Gasteiger partial charge in [-0.05, 0) is 64.2 Å². The maximum atomic E-state index is 12.7. The highest BCUT2D eigenvalue weighted by Crippen LogP contribution is 2.43. The summed E-state index contributed by atoms with van der Waals surface area (Å²) in [6.07, 6.45) is 50.8. The first-order valence-corrected chi connectivity index (χ1v) is 26.6. The van der Waals surface area contributed by atoms with Gasteiger partial charge in [0.25, 0.3) is 0 Å². The monoisotopic (exact) mass is 857 g/mol. The van der Waals surface area contributed by atoms with Gasteiger partial charge in [-0.1, -0.05) is 186 Å². The van der Waals surface area contributed by atoms with Gasteiger partial charge in [0.05, 0.1) is 34.4 Å². The first kappa shape index (κ1) is 58.0. The van der Waals surface area contributed by atoms with Crippen molar-refractivity contribution in [2.24, 2.45) is 0 Å². The van der Waals surface area contributed by atoms with Crippen LogP contribution < -0.4 is 0 Å². The minimum absolute atomic E-state index is 0.0886. The van der Waals surface area contributed by atoms with E-state index in [9.17, 15) is 14.3 Å². The minimum Gasteiger partial charge on any atom is -0.457 e. The molecule has 0 aliphatic rings. The largest absolute Gasteiger partial charge is 0.472 e. The lowest BCUT2D eigenvalue weighted by molar-refractivity contribution is -0.870. The Labute approximate surface area is 366 Å². The van der Waals surface area contributed by atoms with Crippen molar-refractivity contribution in [1.29, 1.82) is 0 Å². The van der Waals surface area contributed by atoms with E-state index < -0.39 is 13.9 Å². The summed E-state index contributed by atoms with van der Waals surface area (Å²) >= 11 is 0. The molecule has 0 saturated heterocycles. The molecule has 0 saturated carbocycles. The molecule has 2 unspecified atom stereocenters. The number of ether oxygens (including phenoxy) is 2. The summed E-state index contributed by atoms with van der Waals surface area (Å²) < 4.78 is 35.1. The molecule has 350 valence electrons. The molecule has 0 aromatic carbocycles. The van der Waals surface area contributed by atoms with E-state index in [4.69, 9.17) is 18.5 Å². The maximum Gasteiger partial charge on any atom is 0.472 e. The van der Waals surface area contributed by atoms with Gasteiger partial charge in [0.1, 0.15) is 19.3 Å². The number of quaternary nitrogens is 1. The van der Waals surface area contributed by atoms with Crippen LogP contribution in [0.2, 0.25) is 0 Å². The number of rotatable bonds is 47. The number of likely N-dealkylation sites (N-methyl/N-ethyl adjacent to an activating group) is 1. The van der Waals surface area contributed by atoms with Gasteiger partial charge in [-0.15, -0.1) is 0 Å². The highest BCUT2D eigenvalue weighted by Gasteiger charge is 2.26. The molecule has 0 aromatic heterocycles. The van der Waals surface area contributed by atoms with E-state index in [2.05, 4.69) is 38.2 Å². The maximum absolute atomic E-state index is 12.7. The van der Waals surface area contributed by atoms with Crippen molar-refractivity contribution in [3.63, 3.8) is 0 Å². The average molecular weight is 857 g/mol. The van der Waals surface area contributed by atoms with E-state index in [1.54, 1.807) is 0 Å². The van der Waals surface area contributed by atoms with E-state index >= 15 is 0 Å². The van der Waals surface area contributed by atoms with E-state index in [1.165, 1.54) is 167 Å². The lowest BCUT2D eigenvalue weighted by Crippen LogP contribution is -2.37. The van der Waals surface area contributed by atoms with Crippen molar-refractivity contribution in [2.45, 2.75) is 238 Å². The molecule has 1 N–H and O–H groups in total. The van der Waals surface area contributed by atoms with Gasteiger partial charge in [0, 0.05) is 13.0 Å². The third kappa shape index (κ3) is 47.9. The molecule has 0 spiro atoms. The van der Waals surface area contributed by atoms with Crippen molar-refractivity contribution in [3.8, 4) is 0 Å². The third-order valence-electron chi connectivity index (χ3n) is 11.0. The van der Waals surface area contributed by atoms with Crippen LogP contribution in [0, 0.1) is 0 Å². The van der Waals surface area contributed by atoms with Crippen molar-refractivity contribution < 1.29 is 37.3 Å². The lowest BCUT2D eigenvalue weighted by atomic mass is 10.0. The normalized spacial score (nSPS) is 13.8. The molecule has 8 nitrogen and oxygen atoms in total. The number of hydrogen-bond acceptors (Lipinski definition) is 6. The Balaban J connectivity index is 4.06. The van der Waals surface area contributed by atoms with E-state index in [0.29, 0.717) is 24.1 Å². The third-order valence-corrected chi connectivity index (χ3v) is 12.0. The summed E-state index contributed by atoms with van der Waals surface area (Å²) in [6.45, 7) is 5.63. The molecule has 0 amide bonds. The number of phosphoric ester groups is 1. The number of phosphoric acid groups is 1. The Bertz CT molecular complexity index is 998. The Morgan fingerprint density at radius 3 is 1.31 bits per heavy atom. The van der Waals surface area contributed by atoms with Crippen LogP contribution in [-0.4, -0.2) is 75.6 Å². The fraction of sp³-hybridized carbons (Fsp3) is 0.900. The first-order chi connectivity index (χ1) is 28.6. The fourth-order valence-electron chi connectivity index (χ4n) is 7.07. The predicted molar refractivity (Wildman–Crippen MR) is 252 cm³/mol. The first-order valence-electron chi connectivity index (χ1n) is 25.1. The summed E-state index contributed by atoms with van der Waals surface area (Å²) in [4.78, 5) is 22.9. The van der Waals surface area contributed by atoms with Gasteiger partial charge < -0.3 is 18.9 Å². The molecular formula is C50H99NO7P+. The number of esters is 1. The van der Waals surface area contributed by atoms with Crippen LogP contribution in [-0.2, 0) is 27.9 Å². The topological polar surface area (TPSA) is 91.3 Å². The van der Waals surface area contributed by atoms with Crippen LogP contribution >= 0.6 is 7.82 Å². The molecule has 9 heteroatoms. The highest BCUT2D eigenvalue weighted by molar-refractivity contribution is 7.47. The summed E-state index contributed by atoms with van der Waals surface area (Å²) in [5.74, 6) is -0.320. The fourth-order valence-corrected chi connectivity index (χ4v) is 7.81. The second-order valence-electron chi connectivity index (χ2n) is 18.2. The molecule has 0 aliphatic carbocycles. The average Bonchev–Trinajstić information content (AvgIpc) is 3.19. The van der Waals surface area contributed by atoms with Crippen LogP contribution in [0.3, 0.4) is 0 Å². The number of allylic oxidation sites excluding steroid dienone is 4. The van der Waals surface area contributed by atoms with Crippen LogP contribution in [0.1, 0.15) is 232 Å². The van der Waals surface area contributed by atoms with Crippen molar-refractivity contribution in [3.05, 3.63) is 24.3 Å². The van der Waals surface area contributed by atoms with Crippen molar-refractivity contribution in [2.75, 3.05) is 54.1 Å². The number of unbranched alkanes of at least 4 members (excludes halogenated alkanes) is 29. The Morgan fingerprint density at radius 1 is 0.508 bits per heavy atom. The van der Waals surface area contributed by atoms with Gasteiger partial charge in [0.15, 0.2) is 0 Å². The van der Waals surface area contributed by atoms with Crippen LogP contribution in [0.5, 0.6) is 0 Å². The van der Waals surface area contributed by atoms with Gasteiger partial charge in [-0.3, -0.25) is 13.8 Å². The molecule has 0 bridgehead atoms. The zero-order valence-corrected chi connectivity index (χ0v) is 40.6. The zero-order valence-electron chi connectivity index (χ0n) is 39.8. The quantitative estimate of drug-likeness (QED) is 0.0214. The molecular weight excluding hydrogens is 758 g/mol. The highest BCUT2D eigenvalue weighted by atomic mass is 31.2. The standard InChI is InChI=1S/C50H98NO7P/c1-6-8-10-12-14-16-18-20-21-22-23-24-25-26-27-28-29-30-32-34-36-38-40-42-45-55-47-49(48-57-59(53,54)56-46-44-51(3,4)5)58-50(52)43-41-39-37-35-33-31-19-17-15-13-11-9-7-2/h17,19,22-23,49H,6-16,18,20-21,24-48H2,1-5H3/p+1/b19-17-,23-22-. The Hall–Kier alpha value is -1.02. The summed E-state index contributed by atoms with van der Waals surface area (Å²) in [6, 6.07) is 0. The molecule has 0 heterocycles. The van der Waals surface area contributed by atoms with Gasteiger partial charge in [-0.2, -0.15) is 0 Å². The second kappa shape index (κ2) is 43.6. The Morgan fingerprint density at radius 2 is 0.881 bits per heavy atom. The summed E-state index contributed by atoms with van der Waals surface area (Å²) in [5.41, 5.74) is 0. The SMILES string of the molecule is CCCCCC/C=C\CCCCCCCC(=O)OC(COCCCCCCCCCCCCCC/C=C\CCCCCCCCCC)COP(=O)(O)OCC[N+](C)(C)C. The van der Waals surface area contributed by atoms with Gasteiger partial charge in [0.2, 0.25) is 0 Å². The number of hydrogen-bond donors (Lipinski definition) is 1. The number of carbonyl (C=O) groups excluding carboxylic acids is 1. The Kier molecular flexibility index (Phi) is 42.9. The van der Waals surface area contributed by atoms with E-state index in [1.807, 2.05) is 21.1 Å². The van der Waals surface area contributed by atoms with Crippen molar-refractivity contribution in [1.82, 2.24) is 0 Å². The van der Waals surface area contributed by atoms with E-state index in [0.717, 1.165) is 44.9 Å². The summed E-state index contributed by atoms with van der Waals surface area (Å²) in [5, 5.41) is 0. The van der Waals surface area contributed by atoms with Crippen LogP contribution in [0.4, 0.5) is 0 Å². The number of carbonyl (C=O) groups is 1.